The Morgan fingerprint density at radius 1 is 0.190 bits per heavy atom. The summed E-state index contributed by atoms with van der Waals surface area (Å²) in [6.07, 6.45) is 8.54. The molecule has 0 spiro atoms. The molecule has 0 aliphatic carbocycles. The highest BCUT2D eigenvalue weighted by Gasteiger charge is 1.96. The van der Waals surface area contributed by atoms with Gasteiger partial charge in [0.15, 0.2) is 0 Å². The maximum absolute atomic E-state index is 5.56. The fourth-order valence-electron chi connectivity index (χ4n) is 3.36. The third-order valence-corrected chi connectivity index (χ3v) is 5.75. The Labute approximate surface area is 256 Å². The zero-order valence-corrected chi connectivity index (χ0v) is 27.0. The summed E-state index contributed by atoms with van der Waals surface area (Å²) in [6.45, 7) is 17.2. The molecule has 0 aromatic heterocycles. The van der Waals surface area contributed by atoms with Crippen LogP contribution in [-0.4, -0.2) is 145 Å². The highest BCUT2D eigenvalue weighted by atomic mass is 16.6. The summed E-state index contributed by atoms with van der Waals surface area (Å²) in [5.74, 6) is 0. The SMILES string of the molecule is CCCCCCCOCCOCCOCCOCCOCCOCCOCCOCCOCCOCCOCCCC. The maximum Gasteiger partial charge on any atom is 0.0701 e. The van der Waals surface area contributed by atoms with E-state index < -0.39 is 0 Å². The second-order valence-electron chi connectivity index (χ2n) is 9.50. The van der Waals surface area contributed by atoms with Crippen molar-refractivity contribution in [1.29, 1.82) is 0 Å². The van der Waals surface area contributed by atoms with Crippen molar-refractivity contribution in [3.63, 3.8) is 0 Å². The Morgan fingerprint density at radius 3 is 0.619 bits per heavy atom. The van der Waals surface area contributed by atoms with Crippen molar-refractivity contribution >= 4 is 0 Å². The normalized spacial score (nSPS) is 11.6. The first-order chi connectivity index (χ1) is 20.9. The molecular weight excluding hydrogens is 548 g/mol. The predicted molar refractivity (Wildman–Crippen MR) is 163 cm³/mol. The molecule has 0 heterocycles. The highest BCUT2D eigenvalue weighted by Crippen LogP contribution is 2.02. The van der Waals surface area contributed by atoms with Gasteiger partial charge in [-0.05, 0) is 12.8 Å². The molecule has 0 fully saturated rings. The molecule has 0 aliphatic heterocycles. The van der Waals surface area contributed by atoms with E-state index in [9.17, 15) is 0 Å². The molecule has 0 saturated carbocycles. The van der Waals surface area contributed by atoms with Crippen molar-refractivity contribution < 1.29 is 52.1 Å². The van der Waals surface area contributed by atoms with E-state index in [-0.39, 0.29) is 0 Å². The van der Waals surface area contributed by atoms with Crippen molar-refractivity contribution in [1.82, 2.24) is 0 Å². The summed E-state index contributed by atoms with van der Waals surface area (Å²) in [5.41, 5.74) is 0. The van der Waals surface area contributed by atoms with Crippen LogP contribution in [0.3, 0.4) is 0 Å². The summed E-state index contributed by atoms with van der Waals surface area (Å²) in [4.78, 5) is 0. The monoisotopic (exact) mass is 612 g/mol. The lowest BCUT2D eigenvalue weighted by molar-refractivity contribution is -0.0275. The topological polar surface area (TPSA) is 102 Å². The Hall–Kier alpha value is -0.440. The predicted octanol–water partition coefficient (Wildman–Crippen LogP) is 3.94. The van der Waals surface area contributed by atoms with Crippen molar-refractivity contribution in [3.05, 3.63) is 0 Å². The number of unbranched alkanes of at least 4 members (excludes halogenated alkanes) is 5. The van der Waals surface area contributed by atoms with Crippen molar-refractivity contribution in [2.24, 2.45) is 0 Å². The quantitative estimate of drug-likeness (QED) is 0.0944. The van der Waals surface area contributed by atoms with Gasteiger partial charge in [0.05, 0.1) is 132 Å². The molecule has 0 aliphatic rings. The largest absolute Gasteiger partial charge is 0.379 e. The van der Waals surface area contributed by atoms with Gasteiger partial charge in [-0.25, -0.2) is 0 Å². The molecule has 0 rings (SSSR count). The Balaban J connectivity index is 3.02. The van der Waals surface area contributed by atoms with E-state index in [0.29, 0.717) is 132 Å². The summed E-state index contributed by atoms with van der Waals surface area (Å²) < 4.78 is 60.3. The zero-order valence-electron chi connectivity index (χ0n) is 27.0. The third-order valence-electron chi connectivity index (χ3n) is 5.75. The maximum atomic E-state index is 5.56. The molecule has 0 aromatic carbocycles. The molecule has 0 bridgehead atoms. The lowest BCUT2D eigenvalue weighted by Crippen LogP contribution is -2.15. The zero-order chi connectivity index (χ0) is 30.3. The average molecular weight is 613 g/mol. The van der Waals surface area contributed by atoms with Crippen LogP contribution in [0.1, 0.15) is 58.8 Å². The second kappa shape index (κ2) is 40.6. The fraction of sp³-hybridized carbons (Fsp3) is 1.00. The summed E-state index contributed by atoms with van der Waals surface area (Å²) in [5, 5.41) is 0. The molecule has 0 saturated heterocycles. The standard InChI is InChI=1S/C31H64O11/c1-3-5-7-8-9-11-33-13-15-35-17-19-37-21-23-39-25-27-41-29-31-42-30-28-40-26-24-38-22-20-36-18-16-34-14-12-32-10-6-4-2/h3-31H2,1-2H3. The van der Waals surface area contributed by atoms with Crippen molar-refractivity contribution in [2.45, 2.75) is 58.8 Å². The minimum atomic E-state index is 0.528. The second-order valence-corrected chi connectivity index (χ2v) is 9.50. The smallest absolute Gasteiger partial charge is 0.0701 e. The van der Waals surface area contributed by atoms with Gasteiger partial charge in [-0.15, -0.1) is 0 Å². The molecule has 254 valence electrons. The van der Waals surface area contributed by atoms with Crippen LogP contribution in [0.5, 0.6) is 0 Å². The Bertz CT molecular complexity index is 421. The van der Waals surface area contributed by atoms with Crippen molar-refractivity contribution in [3.8, 4) is 0 Å². The Kier molecular flexibility index (Phi) is 40.1. The van der Waals surface area contributed by atoms with Gasteiger partial charge in [0.1, 0.15) is 0 Å². The first kappa shape index (κ1) is 41.6. The molecule has 11 nitrogen and oxygen atoms in total. The van der Waals surface area contributed by atoms with Crippen molar-refractivity contribution in [2.75, 3.05) is 145 Å². The minimum absolute atomic E-state index is 0.528. The van der Waals surface area contributed by atoms with Crippen LogP contribution < -0.4 is 0 Å². The molecule has 0 unspecified atom stereocenters. The van der Waals surface area contributed by atoms with Crippen LogP contribution in [0, 0.1) is 0 Å². The molecule has 0 aromatic rings. The first-order valence-corrected chi connectivity index (χ1v) is 16.3. The van der Waals surface area contributed by atoms with Gasteiger partial charge in [-0.1, -0.05) is 46.0 Å². The molecule has 0 N–H and O–H groups in total. The lowest BCUT2D eigenvalue weighted by Gasteiger charge is -2.09. The van der Waals surface area contributed by atoms with E-state index in [0.717, 1.165) is 32.5 Å². The van der Waals surface area contributed by atoms with E-state index >= 15 is 0 Å². The van der Waals surface area contributed by atoms with E-state index in [1.165, 1.54) is 25.7 Å². The van der Waals surface area contributed by atoms with Gasteiger partial charge < -0.3 is 52.1 Å². The van der Waals surface area contributed by atoms with E-state index in [1.807, 2.05) is 0 Å². The van der Waals surface area contributed by atoms with Gasteiger partial charge in [0.2, 0.25) is 0 Å². The van der Waals surface area contributed by atoms with Crippen LogP contribution in [0.15, 0.2) is 0 Å². The van der Waals surface area contributed by atoms with E-state index in [1.54, 1.807) is 0 Å². The van der Waals surface area contributed by atoms with E-state index in [2.05, 4.69) is 13.8 Å². The van der Waals surface area contributed by atoms with Crippen LogP contribution in [0.25, 0.3) is 0 Å². The summed E-state index contributed by atoms with van der Waals surface area (Å²) in [6, 6.07) is 0. The number of hydrogen-bond donors (Lipinski definition) is 0. The van der Waals surface area contributed by atoms with E-state index in [4.69, 9.17) is 52.1 Å². The van der Waals surface area contributed by atoms with Gasteiger partial charge >= 0.3 is 0 Å². The van der Waals surface area contributed by atoms with Crippen LogP contribution >= 0.6 is 0 Å². The summed E-state index contributed by atoms with van der Waals surface area (Å²) >= 11 is 0. The molecular formula is C31H64O11. The Morgan fingerprint density at radius 2 is 0.381 bits per heavy atom. The van der Waals surface area contributed by atoms with Gasteiger partial charge in [-0.2, -0.15) is 0 Å². The number of rotatable bonds is 39. The highest BCUT2D eigenvalue weighted by molar-refractivity contribution is 4.42. The average Bonchev–Trinajstić information content (AvgIpc) is 3.00. The number of ether oxygens (including phenoxy) is 11. The van der Waals surface area contributed by atoms with Crippen LogP contribution in [0.2, 0.25) is 0 Å². The third kappa shape index (κ3) is 39.6. The van der Waals surface area contributed by atoms with Crippen LogP contribution in [0.4, 0.5) is 0 Å². The van der Waals surface area contributed by atoms with Gasteiger partial charge in [-0.3, -0.25) is 0 Å². The van der Waals surface area contributed by atoms with Gasteiger partial charge in [0.25, 0.3) is 0 Å². The molecule has 11 heteroatoms. The van der Waals surface area contributed by atoms with Crippen LogP contribution in [-0.2, 0) is 52.1 Å². The molecule has 0 atom stereocenters. The first-order valence-electron chi connectivity index (χ1n) is 16.3. The minimum Gasteiger partial charge on any atom is -0.379 e. The molecule has 0 amide bonds. The van der Waals surface area contributed by atoms with Gasteiger partial charge in [0, 0.05) is 13.2 Å². The lowest BCUT2D eigenvalue weighted by atomic mass is 10.2. The molecule has 42 heavy (non-hydrogen) atoms. The summed E-state index contributed by atoms with van der Waals surface area (Å²) in [7, 11) is 0. The molecule has 0 radical (unpaired) electrons. The number of hydrogen-bond acceptors (Lipinski definition) is 11. The fourth-order valence-corrected chi connectivity index (χ4v) is 3.36.